The summed E-state index contributed by atoms with van der Waals surface area (Å²) in [7, 11) is 0. The van der Waals surface area contributed by atoms with Gasteiger partial charge in [0.15, 0.2) is 6.10 Å². The number of unbranched alkanes of at least 4 members (excludes halogenated alkanes) is 11. The molecule has 332 valence electrons. The topological polar surface area (TPSA) is 78.9 Å². The average molecular weight is 817 g/mol. The SMILES string of the molecule is CC/C=C\C/C=C\C/C=C\C/C=C\C/C=C\C/C=C\CCC(=O)OCC(COC(=O)CCCCCCCCCCC)OC(=O)CCCCC/C=C\C/C=C\C/C=C\CC. The quantitative estimate of drug-likeness (QED) is 0.0265. The van der Waals surface area contributed by atoms with Crippen LogP contribution in [-0.4, -0.2) is 37.2 Å². The Morgan fingerprint density at radius 1 is 0.356 bits per heavy atom. The lowest BCUT2D eigenvalue weighted by atomic mass is 10.1. The summed E-state index contributed by atoms with van der Waals surface area (Å²) >= 11 is 0. The molecule has 0 aliphatic carbocycles. The Kier molecular flexibility index (Phi) is 43.6. The van der Waals surface area contributed by atoms with Crippen molar-refractivity contribution in [1.82, 2.24) is 0 Å². The van der Waals surface area contributed by atoms with Crippen LogP contribution in [0, 0.1) is 0 Å². The normalized spacial score (nSPS) is 13.1. The molecular formula is C53H84O6. The lowest BCUT2D eigenvalue weighted by molar-refractivity contribution is -0.166. The van der Waals surface area contributed by atoms with Crippen LogP contribution in [0.1, 0.15) is 188 Å². The minimum absolute atomic E-state index is 0.115. The largest absolute Gasteiger partial charge is 0.462 e. The number of ether oxygens (including phenoxy) is 3. The van der Waals surface area contributed by atoms with Crippen molar-refractivity contribution >= 4 is 17.9 Å². The van der Waals surface area contributed by atoms with Crippen LogP contribution in [0.5, 0.6) is 0 Å². The van der Waals surface area contributed by atoms with Gasteiger partial charge in [-0.1, -0.05) is 188 Å². The number of rotatable bonds is 40. The van der Waals surface area contributed by atoms with Gasteiger partial charge in [0.1, 0.15) is 13.2 Å². The Balaban J connectivity index is 4.52. The van der Waals surface area contributed by atoms with Crippen molar-refractivity contribution in [3.05, 3.63) is 109 Å². The van der Waals surface area contributed by atoms with Crippen molar-refractivity contribution < 1.29 is 28.6 Å². The molecule has 0 aromatic carbocycles. The molecule has 0 aromatic rings. The molecule has 0 radical (unpaired) electrons. The Morgan fingerprint density at radius 3 is 1.14 bits per heavy atom. The van der Waals surface area contributed by atoms with Crippen LogP contribution >= 0.6 is 0 Å². The van der Waals surface area contributed by atoms with Crippen molar-refractivity contribution in [2.45, 2.75) is 194 Å². The average Bonchev–Trinajstić information content (AvgIpc) is 3.23. The minimum atomic E-state index is -0.821. The summed E-state index contributed by atoms with van der Waals surface area (Å²) in [5, 5.41) is 0. The fraction of sp³-hybridized carbons (Fsp3) is 0.604. The van der Waals surface area contributed by atoms with Gasteiger partial charge in [-0.3, -0.25) is 14.4 Å². The van der Waals surface area contributed by atoms with Crippen LogP contribution < -0.4 is 0 Å². The highest BCUT2D eigenvalue weighted by molar-refractivity contribution is 5.71. The molecule has 59 heavy (non-hydrogen) atoms. The third-order valence-corrected chi connectivity index (χ3v) is 9.29. The number of esters is 3. The van der Waals surface area contributed by atoms with Crippen LogP contribution in [0.25, 0.3) is 0 Å². The van der Waals surface area contributed by atoms with Crippen LogP contribution in [-0.2, 0) is 28.6 Å². The Labute approximate surface area is 361 Å². The van der Waals surface area contributed by atoms with E-state index in [1.54, 1.807) is 0 Å². The molecule has 6 heteroatoms. The Bertz CT molecular complexity index is 1260. The van der Waals surface area contributed by atoms with Gasteiger partial charge in [-0.15, -0.1) is 0 Å². The fourth-order valence-electron chi connectivity index (χ4n) is 5.83. The molecule has 0 aliphatic rings. The molecule has 0 aromatic heterocycles. The van der Waals surface area contributed by atoms with E-state index in [0.717, 1.165) is 96.3 Å². The molecule has 0 amide bonds. The third-order valence-electron chi connectivity index (χ3n) is 9.29. The minimum Gasteiger partial charge on any atom is -0.462 e. The first kappa shape index (κ1) is 55.1. The molecule has 0 rings (SSSR count). The van der Waals surface area contributed by atoms with Crippen molar-refractivity contribution in [2.75, 3.05) is 13.2 Å². The molecule has 6 nitrogen and oxygen atoms in total. The summed E-state index contributed by atoms with van der Waals surface area (Å²) < 4.78 is 16.6. The maximum absolute atomic E-state index is 12.7. The zero-order valence-corrected chi connectivity index (χ0v) is 37.7. The van der Waals surface area contributed by atoms with Crippen LogP contribution in [0.4, 0.5) is 0 Å². The fourth-order valence-corrected chi connectivity index (χ4v) is 5.83. The number of hydrogen-bond donors (Lipinski definition) is 0. The van der Waals surface area contributed by atoms with Crippen molar-refractivity contribution in [1.29, 1.82) is 0 Å². The van der Waals surface area contributed by atoms with Crippen LogP contribution in [0.2, 0.25) is 0 Å². The molecule has 0 heterocycles. The lowest BCUT2D eigenvalue weighted by Crippen LogP contribution is -2.30. The van der Waals surface area contributed by atoms with Gasteiger partial charge < -0.3 is 14.2 Å². The van der Waals surface area contributed by atoms with E-state index in [4.69, 9.17) is 14.2 Å². The number of carbonyl (C=O) groups excluding carboxylic acids is 3. The first-order valence-corrected chi connectivity index (χ1v) is 23.4. The van der Waals surface area contributed by atoms with Gasteiger partial charge in [0.25, 0.3) is 0 Å². The number of carbonyl (C=O) groups is 3. The maximum Gasteiger partial charge on any atom is 0.306 e. The smallest absolute Gasteiger partial charge is 0.306 e. The van der Waals surface area contributed by atoms with E-state index in [1.807, 2.05) is 12.2 Å². The van der Waals surface area contributed by atoms with E-state index >= 15 is 0 Å². The standard InChI is InChI=1S/C53H84O6/c1-4-7-10-13-16-19-21-23-24-25-26-27-28-30-31-34-37-40-43-46-52(55)58-49-50(48-57-51(54)45-42-39-36-33-18-15-12-9-6-3)59-53(56)47-44-41-38-35-32-29-22-20-17-14-11-8-5-2/h7-8,10-11,16-17,19-20,23-24,26-27,29-32,37,40,50H,4-6,9,12-15,18,21-22,25,28,33-36,38-39,41-49H2,1-3H3/b10-7-,11-8-,19-16-,20-17-,24-23-,27-26-,31-30-,32-29-,40-37-. The van der Waals surface area contributed by atoms with E-state index in [2.05, 4.69) is 118 Å². The maximum atomic E-state index is 12.7. The summed E-state index contributed by atoms with van der Waals surface area (Å²) in [6.07, 6.45) is 62.3. The van der Waals surface area contributed by atoms with Crippen molar-refractivity contribution in [2.24, 2.45) is 0 Å². The molecule has 0 fully saturated rings. The highest BCUT2D eigenvalue weighted by atomic mass is 16.6. The second-order valence-electron chi connectivity index (χ2n) is 14.9. The van der Waals surface area contributed by atoms with Gasteiger partial charge in [-0.05, 0) is 89.9 Å². The lowest BCUT2D eigenvalue weighted by Gasteiger charge is -2.18. The van der Waals surface area contributed by atoms with Crippen LogP contribution in [0.3, 0.4) is 0 Å². The van der Waals surface area contributed by atoms with E-state index in [0.29, 0.717) is 19.3 Å². The zero-order chi connectivity index (χ0) is 43.0. The molecule has 0 spiro atoms. The van der Waals surface area contributed by atoms with Gasteiger partial charge in [-0.25, -0.2) is 0 Å². The molecule has 0 saturated carbocycles. The highest BCUT2D eigenvalue weighted by Gasteiger charge is 2.19. The highest BCUT2D eigenvalue weighted by Crippen LogP contribution is 2.12. The monoisotopic (exact) mass is 817 g/mol. The molecule has 1 atom stereocenters. The third kappa shape index (κ3) is 45.0. The molecule has 0 N–H and O–H groups in total. The van der Waals surface area contributed by atoms with Gasteiger partial charge in [0.05, 0.1) is 0 Å². The second kappa shape index (κ2) is 46.8. The van der Waals surface area contributed by atoms with E-state index in [1.165, 1.54) is 38.5 Å². The Morgan fingerprint density at radius 2 is 0.695 bits per heavy atom. The second-order valence-corrected chi connectivity index (χ2v) is 14.9. The summed E-state index contributed by atoms with van der Waals surface area (Å²) in [5.74, 6) is -1.05. The molecule has 0 aliphatic heterocycles. The van der Waals surface area contributed by atoms with E-state index < -0.39 is 6.10 Å². The van der Waals surface area contributed by atoms with Gasteiger partial charge >= 0.3 is 17.9 Å². The summed E-state index contributed by atoms with van der Waals surface area (Å²) in [5.41, 5.74) is 0. The molecule has 1 unspecified atom stereocenters. The van der Waals surface area contributed by atoms with Crippen molar-refractivity contribution in [3.63, 3.8) is 0 Å². The van der Waals surface area contributed by atoms with Crippen molar-refractivity contribution in [3.8, 4) is 0 Å². The number of hydrogen-bond acceptors (Lipinski definition) is 6. The zero-order valence-electron chi connectivity index (χ0n) is 37.7. The summed E-state index contributed by atoms with van der Waals surface area (Å²) in [6, 6.07) is 0. The number of allylic oxidation sites excluding steroid dienone is 18. The first-order valence-electron chi connectivity index (χ1n) is 23.4. The summed E-state index contributed by atoms with van der Waals surface area (Å²) in [6.45, 7) is 6.27. The van der Waals surface area contributed by atoms with E-state index in [9.17, 15) is 14.4 Å². The molecule has 0 bridgehead atoms. The molecule has 0 saturated heterocycles. The van der Waals surface area contributed by atoms with Gasteiger partial charge in [0, 0.05) is 19.3 Å². The molecular weight excluding hydrogens is 733 g/mol. The predicted molar refractivity (Wildman–Crippen MR) is 251 cm³/mol. The van der Waals surface area contributed by atoms with Crippen LogP contribution in [0.15, 0.2) is 109 Å². The first-order chi connectivity index (χ1) is 29.0. The Hall–Kier alpha value is -3.93. The summed E-state index contributed by atoms with van der Waals surface area (Å²) in [4.78, 5) is 37.7. The van der Waals surface area contributed by atoms with Gasteiger partial charge in [-0.2, -0.15) is 0 Å². The predicted octanol–water partition coefficient (Wildman–Crippen LogP) is 15.2. The van der Waals surface area contributed by atoms with E-state index in [-0.39, 0.29) is 44.0 Å². The van der Waals surface area contributed by atoms with Gasteiger partial charge in [0.2, 0.25) is 0 Å².